The third kappa shape index (κ3) is 3.53. The van der Waals surface area contributed by atoms with Crippen molar-refractivity contribution in [2.45, 2.75) is 32.7 Å². The molecule has 12 heavy (non-hydrogen) atoms. The van der Waals surface area contributed by atoms with Gasteiger partial charge in [0.25, 0.3) is 0 Å². The van der Waals surface area contributed by atoms with E-state index in [0.29, 0.717) is 0 Å². The number of aromatic nitrogens is 2. The first kappa shape index (κ1) is 9.26. The lowest BCUT2D eigenvalue weighted by atomic mass is 10.2. The molecule has 2 N–H and O–H groups in total. The lowest BCUT2D eigenvalue weighted by Crippen LogP contribution is -2.13. The summed E-state index contributed by atoms with van der Waals surface area (Å²) in [7, 11) is 0. The van der Waals surface area contributed by atoms with E-state index in [2.05, 4.69) is 22.4 Å². The zero-order chi connectivity index (χ0) is 8.65. The van der Waals surface area contributed by atoms with Crippen molar-refractivity contribution in [3.05, 3.63) is 18.0 Å². The van der Waals surface area contributed by atoms with Crippen LogP contribution in [0.15, 0.2) is 12.4 Å². The van der Waals surface area contributed by atoms with Crippen LogP contribution < -0.4 is 5.32 Å². The molecule has 0 atom stereocenters. The van der Waals surface area contributed by atoms with Crippen LogP contribution in [0.3, 0.4) is 0 Å². The Bertz CT molecular complexity index is 182. The van der Waals surface area contributed by atoms with E-state index in [9.17, 15) is 0 Å². The molecule has 1 aromatic heterocycles. The Labute approximate surface area is 73.6 Å². The fourth-order valence-corrected chi connectivity index (χ4v) is 1.11. The standard InChI is InChI=1S/C9H17N3/c1-2-3-4-5-10-6-9-7-11-12-8-9/h7-8,10H,2-6H2,1H3,(H,11,12). The number of nitrogens with zero attached hydrogens (tertiary/aromatic N) is 1. The summed E-state index contributed by atoms with van der Waals surface area (Å²) in [5.74, 6) is 0. The van der Waals surface area contributed by atoms with E-state index in [0.717, 1.165) is 13.1 Å². The van der Waals surface area contributed by atoms with E-state index < -0.39 is 0 Å². The van der Waals surface area contributed by atoms with E-state index in [1.807, 2.05) is 12.4 Å². The minimum absolute atomic E-state index is 0.931. The molecular weight excluding hydrogens is 150 g/mol. The highest BCUT2D eigenvalue weighted by atomic mass is 15.1. The van der Waals surface area contributed by atoms with Crippen molar-refractivity contribution < 1.29 is 0 Å². The molecule has 0 amide bonds. The highest BCUT2D eigenvalue weighted by molar-refractivity contribution is 5.01. The van der Waals surface area contributed by atoms with Gasteiger partial charge in [0.15, 0.2) is 0 Å². The molecule has 68 valence electrons. The summed E-state index contributed by atoms with van der Waals surface area (Å²) in [6, 6.07) is 0. The van der Waals surface area contributed by atoms with Crippen LogP contribution in [0.1, 0.15) is 31.7 Å². The van der Waals surface area contributed by atoms with Gasteiger partial charge in [0, 0.05) is 18.3 Å². The lowest BCUT2D eigenvalue weighted by molar-refractivity contribution is 0.617. The molecule has 1 heterocycles. The van der Waals surface area contributed by atoms with Gasteiger partial charge in [0.2, 0.25) is 0 Å². The second kappa shape index (κ2) is 5.77. The van der Waals surface area contributed by atoms with Crippen LogP contribution in [0.4, 0.5) is 0 Å². The molecule has 0 saturated carbocycles. The molecular formula is C9H17N3. The van der Waals surface area contributed by atoms with Crippen molar-refractivity contribution in [2.75, 3.05) is 6.54 Å². The molecule has 1 rings (SSSR count). The van der Waals surface area contributed by atoms with Crippen molar-refractivity contribution >= 4 is 0 Å². The SMILES string of the molecule is CCCCCNCc1cn[nH]c1. The summed E-state index contributed by atoms with van der Waals surface area (Å²) < 4.78 is 0. The topological polar surface area (TPSA) is 40.7 Å². The van der Waals surface area contributed by atoms with Crippen LogP contribution in [0.2, 0.25) is 0 Å². The van der Waals surface area contributed by atoms with Crippen LogP contribution in [0, 0.1) is 0 Å². The first-order valence-corrected chi connectivity index (χ1v) is 4.62. The van der Waals surface area contributed by atoms with Gasteiger partial charge in [-0.15, -0.1) is 0 Å². The van der Waals surface area contributed by atoms with Gasteiger partial charge in [-0.2, -0.15) is 5.10 Å². The van der Waals surface area contributed by atoms with Gasteiger partial charge < -0.3 is 5.32 Å². The molecule has 0 fully saturated rings. The molecule has 0 bridgehead atoms. The zero-order valence-electron chi connectivity index (χ0n) is 7.64. The lowest BCUT2D eigenvalue weighted by Gasteiger charge is -2.00. The van der Waals surface area contributed by atoms with Crippen LogP contribution in [0.25, 0.3) is 0 Å². The van der Waals surface area contributed by atoms with Gasteiger partial charge in [0.1, 0.15) is 0 Å². The predicted octanol–water partition coefficient (Wildman–Crippen LogP) is 1.69. The van der Waals surface area contributed by atoms with Gasteiger partial charge in [-0.05, 0) is 13.0 Å². The first-order chi connectivity index (χ1) is 5.93. The van der Waals surface area contributed by atoms with Gasteiger partial charge in [-0.25, -0.2) is 0 Å². The van der Waals surface area contributed by atoms with Crippen molar-refractivity contribution in [3.63, 3.8) is 0 Å². The number of H-pyrrole nitrogens is 1. The molecule has 1 aromatic rings. The van der Waals surface area contributed by atoms with Crippen molar-refractivity contribution in [1.82, 2.24) is 15.5 Å². The average molecular weight is 167 g/mol. The molecule has 3 nitrogen and oxygen atoms in total. The predicted molar refractivity (Wildman–Crippen MR) is 49.8 cm³/mol. The average Bonchev–Trinajstić information content (AvgIpc) is 2.57. The normalized spacial score (nSPS) is 10.4. The minimum atomic E-state index is 0.931. The molecule has 0 spiro atoms. The largest absolute Gasteiger partial charge is 0.313 e. The molecule has 0 aliphatic carbocycles. The zero-order valence-corrected chi connectivity index (χ0v) is 7.64. The van der Waals surface area contributed by atoms with Crippen LogP contribution >= 0.6 is 0 Å². The summed E-state index contributed by atoms with van der Waals surface area (Å²) in [6.07, 6.45) is 7.65. The maximum Gasteiger partial charge on any atom is 0.0532 e. The van der Waals surface area contributed by atoms with Crippen molar-refractivity contribution in [2.24, 2.45) is 0 Å². The highest BCUT2D eigenvalue weighted by Crippen LogP contribution is 1.94. The summed E-state index contributed by atoms with van der Waals surface area (Å²) in [6.45, 7) is 4.26. The fourth-order valence-electron chi connectivity index (χ4n) is 1.11. The van der Waals surface area contributed by atoms with E-state index in [1.54, 1.807) is 0 Å². The monoisotopic (exact) mass is 167 g/mol. The molecule has 0 saturated heterocycles. The Kier molecular flexibility index (Phi) is 4.46. The minimum Gasteiger partial charge on any atom is -0.313 e. The third-order valence-electron chi connectivity index (χ3n) is 1.84. The van der Waals surface area contributed by atoms with Crippen molar-refractivity contribution in [1.29, 1.82) is 0 Å². The number of aromatic amines is 1. The summed E-state index contributed by atoms with van der Waals surface area (Å²) in [4.78, 5) is 0. The Balaban J connectivity index is 1.96. The summed E-state index contributed by atoms with van der Waals surface area (Å²) >= 11 is 0. The summed E-state index contributed by atoms with van der Waals surface area (Å²) in [5, 5.41) is 10.0. The molecule has 0 aliphatic rings. The molecule has 0 radical (unpaired) electrons. The van der Waals surface area contributed by atoms with E-state index in [-0.39, 0.29) is 0 Å². The maximum atomic E-state index is 3.87. The highest BCUT2D eigenvalue weighted by Gasteiger charge is 1.91. The Morgan fingerprint density at radius 2 is 2.42 bits per heavy atom. The molecule has 0 unspecified atom stereocenters. The number of rotatable bonds is 6. The Morgan fingerprint density at radius 1 is 1.50 bits per heavy atom. The molecule has 0 aromatic carbocycles. The number of hydrogen-bond donors (Lipinski definition) is 2. The van der Waals surface area contributed by atoms with E-state index in [1.165, 1.54) is 24.8 Å². The van der Waals surface area contributed by atoms with Crippen LogP contribution in [-0.2, 0) is 6.54 Å². The van der Waals surface area contributed by atoms with E-state index >= 15 is 0 Å². The quantitative estimate of drug-likeness (QED) is 0.633. The van der Waals surface area contributed by atoms with Crippen molar-refractivity contribution in [3.8, 4) is 0 Å². The van der Waals surface area contributed by atoms with E-state index in [4.69, 9.17) is 0 Å². The van der Waals surface area contributed by atoms with Gasteiger partial charge in [0.05, 0.1) is 6.20 Å². The van der Waals surface area contributed by atoms with Gasteiger partial charge in [-0.1, -0.05) is 19.8 Å². The first-order valence-electron chi connectivity index (χ1n) is 4.62. The number of hydrogen-bond acceptors (Lipinski definition) is 2. The Hall–Kier alpha value is -0.830. The third-order valence-corrected chi connectivity index (χ3v) is 1.84. The number of nitrogens with one attached hydrogen (secondary N) is 2. The fraction of sp³-hybridized carbons (Fsp3) is 0.667. The molecule has 0 aliphatic heterocycles. The summed E-state index contributed by atoms with van der Waals surface area (Å²) in [5.41, 5.74) is 1.23. The molecule has 3 heteroatoms. The van der Waals surface area contributed by atoms with Gasteiger partial charge in [-0.3, -0.25) is 5.10 Å². The maximum absolute atomic E-state index is 3.87. The van der Waals surface area contributed by atoms with Crippen LogP contribution in [-0.4, -0.2) is 16.7 Å². The second-order valence-corrected chi connectivity index (χ2v) is 2.99. The Morgan fingerprint density at radius 3 is 3.08 bits per heavy atom. The smallest absolute Gasteiger partial charge is 0.0532 e. The van der Waals surface area contributed by atoms with Gasteiger partial charge >= 0.3 is 0 Å². The van der Waals surface area contributed by atoms with Crippen LogP contribution in [0.5, 0.6) is 0 Å². The number of unbranched alkanes of at least 4 members (excludes halogenated alkanes) is 2. The second-order valence-electron chi connectivity index (χ2n) is 2.99.